The minimum Gasteiger partial charge on any atom is -0.388 e. The fourth-order valence-corrected chi connectivity index (χ4v) is 4.29. The summed E-state index contributed by atoms with van der Waals surface area (Å²) in [5.74, 6) is 0.276. The molecule has 0 spiro atoms. The standard InChI is InChI=1S/C27H30N4O2/c1-28-24-11-9-23(10-12-24)27(33)31(25-8-5-15-29-20-25)19-18-30-16-13-22(14-17-30)26(32)21-6-3-2-4-7-21/h2-12,15,20,22,28H,13-14,16-19H2,1H3. The van der Waals surface area contributed by atoms with E-state index in [1.54, 1.807) is 17.3 Å². The van der Waals surface area contributed by atoms with Crippen LogP contribution in [-0.4, -0.2) is 54.8 Å². The van der Waals surface area contributed by atoms with E-state index in [1.807, 2.05) is 73.8 Å². The van der Waals surface area contributed by atoms with Gasteiger partial charge in [0.15, 0.2) is 5.78 Å². The summed E-state index contributed by atoms with van der Waals surface area (Å²) >= 11 is 0. The minimum atomic E-state index is -0.0419. The summed E-state index contributed by atoms with van der Waals surface area (Å²) in [6, 6.07) is 20.8. The van der Waals surface area contributed by atoms with Crippen LogP contribution in [0.5, 0.6) is 0 Å². The van der Waals surface area contributed by atoms with Crippen molar-refractivity contribution in [1.82, 2.24) is 9.88 Å². The van der Waals surface area contributed by atoms with Gasteiger partial charge in [-0.3, -0.25) is 14.6 Å². The number of carbonyl (C=O) groups is 2. The van der Waals surface area contributed by atoms with E-state index in [-0.39, 0.29) is 17.6 Å². The van der Waals surface area contributed by atoms with Crippen LogP contribution >= 0.6 is 0 Å². The van der Waals surface area contributed by atoms with Crippen molar-refractivity contribution in [2.45, 2.75) is 12.8 Å². The number of benzene rings is 2. The Labute approximate surface area is 195 Å². The summed E-state index contributed by atoms with van der Waals surface area (Å²) in [5, 5.41) is 3.08. The molecule has 1 fully saturated rings. The predicted octanol–water partition coefficient (Wildman–Crippen LogP) is 4.37. The predicted molar refractivity (Wildman–Crippen MR) is 132 cm³/mol. The largest absolute Gasteiger partial charge is 0.388 e. The fourth-order valence-electron chi connectivity index (χ4n) is 4.29. The number of piperidine rings is 1. The zero-order valence-corrected chi connectivity index (χ0v) is 19.0. The molecular weight excluding hydrogens is 412 g/mol. The molecule has 0 bridgehead atoms. The SMILES string of the molecule is CNc1ccc(C(=O)N(CCN2CCC(C(=O)c3ccccc3)CC2)c2cccnc2)cc1. The number of pyridine rings is 1. The molecule has 0 aliphatic carbocycles. The van der Waals surface area contributed by atoms with Gasteiger partial charge in [-0.05, 0) is 62.3 Å². The number of hydrogen-bond acceptors (Lipinski definition) is 5. The normalized spacial score (nSPS) is 14.6. The number of nitrogens with one attached hydrogen (secondary N) is 1. The smallest absolute Gasteiger partial charge is 0.258 e. The van der Waals surface area contributed by atoms with Crippen molar-refractivity contribution in [3.8, 4) is 0 Å². The molecule has 33 heavy (non-hydrogen) atoms. The van der Waals surface area contributed by atoms with Gasteiger partial charge in [-0.15, -0.1) is 0 Å². The molecular formula is C27H30N4O2. The third-order valence-electron chi connectivity index (χ3n) is 6.28. The van der Waals surface area contributed by atoms with Crippen molar-refractivity contribution >= 4 is 23.1 Å². The van der Waals surface area contributed by atoms with Crippen LogP contribution in [0, 0.1) is 5.92 Å². The lowest BCUT2D eigenvalue weighted by Crippen LogP contribution is -2.43. The fraction of sp³-hybridized carbons (Fsp3) is 0.296. The van der Waals surface area contributed by atoms with Crippen LogP contribution in [0.4, 0.5) is 11.4 Å². The molecule has 2 heterocycles. The second-order valence-electron chi connectivity index (χ2n) is 8.34. The van der Waals surface area contributed by atoms with Crippen LogP contribution in [0.2, 0.25) is 0 Å². The number of hydrogen-bond donors (Lipinski definition) is 1. The van der Waals surface area contributed by atoms with Gasteiger partial charge in [0.2, 0.25) is 0 Å². The molecule has 1 amide bonds. The number of rotatable bonds is 8. The molecule has 6 nitrogen and oxygen atoms in total. The monoisotopic (exact) mass is 442 g/mol. The Hall–Kier alpha value is -3.51. The Bertz CT molecular complexity index is 1050. The lowest BCUT2D eigenvalue weighted by Gasteiger charge is -2.33. The molecule has 1 aromatic heterocycles. The van der Waals surface area contributed by atoms with E-state index in [1.165, 1.54) is 0 Å². The lowest BCUT2D eigenvalue weighted by molar-refractivity contribution is 0.0841. The maximum Gasteiger partial charge on any atom is 0.258 e. The summed E-state index contributed by atoms with van der Waals surface area (Å²) in [6.07, 6.45) is 5.13. The van der Waals surface area contributed by atoms with Gasteiger partial charge in [-0.25, -0.2) is 0 Å². The maximum absolute atomic E-state index is 13.3. The third-order valence-corrected chi connectivity index (χ3v) is 6.28. The number of amides is 1. The van der Waals surface area contributed by atoms with Crippen LogP contribution in [0.1, 0.15) is 33.6 Å². The van der Waals surface area contributed by atoms with Gasteiger partial charge in [0, 0.05) is 49.1 Å². The van der Waals surface area contributed by atoms with E-state index in [2.05, 4.69) is 15.2 Å². The Balaban J connectivity index is 1.38. The van der Waals surface area contributed by atoms with Gasteiger partial charge < -0.3 is 15.1 Å². The third kappa shape index (κ3) is 5.65. The summed E-state index contributed by atoms with van der Waals surface area (Å²) in [4.78, 5) is 34.4. The van der Waals surface area contributed by atoms with Crippen molar-refractivity contribution in [1.29, 1.82) is 0 Å². The number of nitrogens with zero attached hydrogens (tertiary/aromatic N) is 3. The zero-order valence-electron chi connectivity index (χ0n) is 19.0. The van der Waals surface area contributed by atoms with E-state index in [4.69, 9.17) is 0 Å². The van der Waals surface area contributed by atoms with Crippen LogP contribution in [0.15, 0.2) is 79.1 Å². The first-order valence-corrected chi connectivity index (χ1v) is 11.5. The summed E-state index contributed by atoms with van der Waals surface area (Å²) in [6.45, 7) is 3.03. The lowest BCUT2D eigenvalue weighted by atomic mass is 9.89. The van der Waals surface area contributed by atoms with Gasteiger partial charge in [-0.1, -0.05) is 30.3 Å². The minimum absolute atomic E-state index is 0.0419. The van der Waals surface area contributed by atoms with Crippen LogP contribution in [0.3, 0.4) is 0 Å². The number of Topliss-reactive ketones (excluding diaryl/α,β-unsaturated/α-hetero) is 1. The van der Waals surface area contributed by atoms with Crippen LogP contribution in [-0.2, 0) is 0 Å². The first-order chi connectivity index (χ1) is 16.2. The zero-order chi connectivity index (χ0) is 23.0. The summed E-state index contributed by atoms with van der Waals surface area (Å²) in [5.41, 5.74) is 3.19. The first-order valence-electron chi connectivity index (χ1n) is 11.5. The van der Waals surface area contributed by atoms with Crippen LogP contribution in [0.25, 0.3) is 0 Å². The van der Waals surface area contributed by atoms with Crippen LogP contribution < -0.4 is 10.2 Å². The molecule has 3 aromatic rings. The molecule has 0 saturated carbocycles. The molecule has 0 atom stereocenters. The molecule has 4 rings (SSSR count). The average molecular weight is 443 g/mol. The number of aromatic nitrogens is 1. The van der Waals surface area contributed by atoms with Crippen molar-refractivity contribution in [3.63, 3.8) is 0 Å². The number of likely N-dealkylation sites (tertiary alicyclic amines) is 1. The van der Waals surface area contributed by atoms with Gasteiger partial charge in [0.05, 0.1) is 11.9 Å². The highest BCUT2D eigenvalue weighted by Gasteiger charge is 2.26. The van der Waals surface area contributed by atoms with E-state index in [0.717, 1.165) is 49.4 Å². The Morgan fingerprint density at radius 3 is 2.33 bits per heavy atom. The molecule has 1 aliphatic rings. The number of carbonyl (C=O) groups excluding carboxylic acids is 2. The molecule has 1 saturated heterocycles. The second kappa shape index (κ2) is 10.9. The average Bonchev–Trinajstić information content (AvgIpc) is 2.90. The van der Waals surface area contributed by atoms with E-state index in [0.29, 0.717) is 12.1 Å². The van der Waals surface area contributed by atoms with Crippen molar-refractivity contribution < 1.29 is 9.59 Å². The highest BCUT2D eigenvalue weighted by molar-refractivity contribution is 6.06. The molecule has 170 valence electrons. The molecule has 6 heteroatoms. The highest BCUT2D eigenvalue weighted by atomic mass is 16.2. The van der Waals surface area contributed by atoms with Crippen molar-refractivity contribution in [2.75, 3.05) is 43.4 Å². The quantitative estimate of drug-likeness (QED) is 0.525. The Morgan fingerprint density at radius 2 is 1.70 bits per heavy atom. The number of anilines is 2. The van der Waals surface area contributed by atoms with Gasteiger partial charge in [0.1, 0.15) is 0 Å². The Morgan fingerprint density at radius 1 is 0.970 bits per heavy atom. The van der Waals surface area contributed by atoms with E-state index >= 15 is 0 Å². The van der Waals surface area contributed by atoms with E-state index < -0.39 is 0 Å². The number of ketones is 1. The summed E-state index contributed by atoms with van der Waals surface area (Å²) < 4.78 is 0. The molecule has 1 aliphatic heterocycles. The topological polar surface area (TPSA) is 65.5 Å². The van der Waals surface area contributed by atoms with Gasteiger partial charge in [0.25, 0.3) is 5.91 Å². The van der Waals surface area contributed by atoms with Crippen molar-refractivity contribution in [3.05, 3.63) is 90.3 Å². The molecule has 0 unspecified atom stereocenters. The molecule has 0 radical (unpaired) electrons. The molecule has 2 aromatic carbocycles. The molecule has 1 N–H and O–H groups in total. The van der Waals surface area contributed by atoms with Crippen molar-refractivity contribution in [2.24, 2.45) is 5.92 Å². The first kappa shape index (κ1) is 22.7. The van der Waals surface area contributed by atoms with Gasteiger partial charge >= 0.3 is 0 Å². The maximum atomic E-state index is 13.3. The second-order valence-corrected chi connectivity index (χ2v) is 8.34. The Kier molecular flexibility index (Phi) is 7.47. The van der Waals surface area contributed by atoms with E-state index in [9.17, 15) is 9.59 Å². The summed E-state index contributed by atoms with van der Waals surface area (Å²) in [7, 11) is 1.86. The highest BCUT2D eigenvalue weighted by Crippen LogP contribution is 2.23. The van der Waals surface area contributed by atoms with Gasteiger partial charge in [-0.2, -0.15) is 0 Å².